The fourth-order valence-corrected chi connectivity index (χ4v) is 3.49. The molecule has 0 saturated carbocycles. The monoisotopic (exact) mass is 403 g/mol. The maximum Gasteiger partial charge on any atom is 0.258 e. The van der Waals surface area contributed by atoms with Gasteiger partial charge in [0, 0.05) is 18.7 Å². The summed E-state index contributed by atoms with van der Waals surface area (Å²) in [5.74, 6) is 6.39. The van der Waals surface area contributed by atoms with Gasteiger partial charge in [-0.2, -0.15) is 0 Å². The normalized spacial score (nSPS) is 12.2. The molecule has 0 bridgehead atoms. The lowest BCUT2D eigenvalue weighted by Gasteiger charge is -2.37. The minimum absolute atomic E-state index is 0.00515. The van der Waals surface area contributed by atoms with E-state index in [-0.39, 0.29) is 10.9 Å². The van der Waals surface area contributed by atoms with Crippen molar-refractivity contribution in [2.75, 3.05) is 13.1 Å². The molecule has 0 fully saturated rings. The number of aliphatic hydroxyl groups is 1. The van der Waals surface area contributed by atoms with Crippen LogP contribution >= 0.6 is 0 Å². The molecule has 0 radical (unpaired) electrons. The highest BCUT2D eigenvalue weighted by molar-refractivity contribution is 6.74. The molecule has 0 atom stereocenters. The van der Waals surface area contributed by atoms with Crippen molar-refractivity contribution in [2.45, 2.75) is 79.1 Å². The van der Waals surface area contributed by atoms with Crippen LogP contribution in [0.15, 0.2) is 12.1 Å². The molecule has 1 aromatic rings. The lowest BCUT2D eigenvalue weighted by atomic mass is 10.0. The molecule has 4 nitrogen and oxygen atoms in total. The van der Waals surface area contributed by atoms with Gasteiger partial charge in [-0.25, -0.2) is 0 Å². The largest absolute Gasteiger partial charge is 0.543 e. The van der Waals surface area contributed by atoms with Crippen molar-refractivity contribution in [1.82, 2.24) is 4.90 Å². The number of rotatable bonds is 5. The average Bonchev–Trinajstić information content (AvgIpc) is 2.51. The molecule has 0 saturated heterocycles. The maximum atomic E-state index is 13.4. The molecule has 0 aliphatic heterocycles. The Hall–Kier alpha value is -1.77. The van der Waals surface area contributed by atoms with E-state index in [0.29, 0.717) is 30.0 Å². The van der Waals surface area contributed by atoms with E-state index in [4.69, 9.17) is 4.43 Å². The SMILES string of the molecule is CCN(CC)C(=O)c1c(C#CC(C)(C)O)cc(C)cc1O[Si](C)(C)C(C)(C)C. The Bertz CT molecular complexity index is 770. The highest BCUT2D eigenvalue weighted by Gasteiger charge is 2.40. The highest BCUT2D eigenvalue weighted by atomic mass is 28.4. The third kappa shape index (κ3) is 6.12. The van der Waals surface area contributed by atoms with E-state index in [1.165, 1.54) is 0 Å². The van der Waals surface area contributed by atoms with E-state index in [9.17, 15) is 9.90 Å². The van der Waals surface area contributed by atoms with Crippen molar-refractivity contribution in [1.29, 1.82) is 0 Å². The number of nitrogens with zero attached hydrogens (tertiary/aromatic N) is 1. The first-order valence-electron chi connectivity index (χ1n) is 10.0. The second-order valence-corrected chi connectivity index (χ2v) is 14.1. The fourth-order valence-electron chi connectivity index (χ4n) is 2.47. The van der Waals surface area contributed by atoms with Crippen LogP contribution in [-0.4, -0.2) is 42.9 Å². The van der Waals surface area contributed by atoms with Crippen molar-refractivity contribution in [3.8, 4) is 17.6 Å². The van der Waals surface area contributed by atoms with E-state index < -0.39 is 13.9 Å². The summed E-state index contributed by atoms with van der Waals surface area (Å²) >= 11 is 0. The molecule has 0 heterocycles. The van der Waals surface area contributed by atoms with E-state index in [1.807, 2.05) is 32.9 Å². The lowest BCUT2D eigenvalue weighted by Crippen LogP contribution is -2.44. The summed E-state index contributed by atoms with van der Waals surface area (Å²) in [4.78, 5) is 15.1. The second kappa shape index (κ2) is 8.71. The topological polar surface area (TPSA) is 49.8 Å². The first kappa shape index (κ1) is 24.3. The zero-order valence-electron chi connectivity index (χ0n) is 19.3. The van der Waals surface area contributed by atoms with Crippen molar-refractivity contribution in [2.24, 2.45) is 0 Å². The first-order chi connectivity index (χ1) is 12.6. The van der Waals surface area contributed by atoms with Crippen LogP contribution in [0.5, 0.6) is 5.75 Å². The highest BCUT2D eigenvalue weighted by Crippen LogP contribution is 2.39. The fraction of sp³-hybridized carbons (Fsp3) is 0.609. The van der Waals surface area contributed by atoms with Gasteiger partial charge < -0.3 is 14.4 Å². The second-order valence-electron chi connectivity index (χ2n) is 9.33. The third-order valence-corrected chi connectivity index (χ3v) is 9.53. The molecule has 28 heavy (non-hydrogen) atoms. The molecule has 0 unspecified atom stereocenters. The van der Waals surface area contributed by atoms with Gasteiger partial charge in [0.25, 0.3) is 14.2 Å². The van der Waals surface area contributed by atoms with Crippen molar-refractivity contribution in [3.05, 3.63) is 28.8 Å². The zero-order valence-corrected chi connectivity index (χ0v) is 20.3. The molecule has 156 valence electrons. The van der Waals surface area contributed by atoms with Crippen LogP contribution in [0.4, 0.5) is 0 Å². The van der Waals surface area contributed by atoms with Gasteiger partial charge in [-0.3, -0.25) is 4.79 Å². The predicted octanol–water partition coefficient (Wildman–Crippen LogP) is 4.98. The predicted molar refractivity (Wildman–Crippen MR) is 119 cm³/mol. The molecule has 5 heteroatoms. The van der Waals surface area contributed by atoms with Crippen molar-refractivity contribution >= 4 is 14.2 Å². The number of benzene rings is 1. The van der Waals surface area contributed by atoms with Crippen LogP contribution in [0, 0.1) is 18.8 Å². The quantitative estimate of drug-likeness (QED) is 0.557. The number of carbonyl (C=O) groups excluding carboxylic acids is 1. The Morgan fingerprint density at radius 2 is 1.68 bits per heavy atom. The number of aryl methyl sites for hydroxylation is 1. The van der Waals surface area contributed by atoms with Gasteiger partial charge in [0.05, 0.1) is 5.56 Å². The van der Waals surface area contributed by atoms with E-state index in [0.717, 1.165) is 5.56 Å². The summed E-state index contributed by atoms with van der Waals surface area (Å²) in [6.07, 6.45) is 0. The number of amides is 1. The number of carbonyl (C=O) groups is 1. The standard InChI is InChI=1S/C23H37NO3Si/c1-11-24(12-2)21(25)20-18(13-14-23(7,8)26)15-17(3)16-19(20)27-28(9,10)22(4,5)6/h15-16,26H,11-12H2,1-10H3. The maximum absolute atomic E-state index is 13.4. The Kier molecular flexibility index (Phi) is 7.55. The van der Waals surface area contributed by atoms with Crippen LogP contribution in [0.25, 0.3) is 0 Å². The van der Waals surface area contributed by atoms with E-state index >= 15 is 0 Å². The van der Waals surface area contributed by atoms with Crippen molar-refractivity contribution in [3.63, 3.8) is 0 Å². The lowest BCUT2D eigenvalue weighted by molar-refractivity contribution is 0.0770. The van der Waals surface area contributed by atoms with Crippen molar-refractivity contribution < 1.29 is 14.3 Å². The molecule has 0 aliphatic rings. The van der Waals surface area contributed by atoms with Gasteiger partial charge in [0.2, 0.25) is 0 Å². The number of hydrogen-bond donors (Lipinski definition) is 1. The van der Waals surface area contributed by atoms with Crippen LogP contribution < -0.4 is 4.43 Å². The minimum Gasteiger partial charge on any atom is -0.543 e. The molecular formula is C23H37NO3Si. The Morgan fingerprint density at radius 1 is 1.14 bits per heavy atom. The third-order valence-electron chi connectivity index (χ3n) is 5.19. The van der Waals surface area contributed by atoms with E-state index in [2.05, 4.69) is 45.7 Å². The summed E-state index contributed by atoms with van der Waals surface area (Å²) in [6.45, 7) is 21.3. The van der Waals surface area contributed by atoms with Gasteiger partial charge in [-0.15, -0.1) is 0 Å². The molecule has 1 rings (SSSR count). The van der Waals surface area contributed by atoms with Gasteiger partial charge in [0.15, 0.2) is 0 Å². The summed E-state index contributed by atoms with van der Waals surface area (Å²) < 4.78 is 6.57. The molecule has 1 amide bonds. The zero-order chi connectivity index (χ0) is 21.9. The average molecular weight is 404 g/mol. The molecule has 1 aromatic carbocycles. The summed E-state index contributed by atoms with van der Waals surface area (Å²) in [6, 6.07) is 3.83. The van der Waals surface area contributed by atoms with Crippen LogP contribution in [0.2, 0.25) is 18.1 Å². The Morgan fingerprint density at radius 3 is 2.11 bits per heavy atom. The van der Waals surface area contributed by atoms with Gasteiger partial charge in [-0.1, -0.05) is 32.6 Å². The van der Waals surface area contributed by atoms with Gasteiger partial charge in [0.1, 0.15) is 11.4 Å². The number of hydrogen-bond acceptors (Lipinski definition) is 3. The molecule has 0 aliphatic carbocycles. The smallest absolute Gasteiger partial charge is 0.258 e. The summed E-state index contributed by atoms with van der Waals surface area (Å²) in [7, 11) is -2.15. The minimum atomic E-state index is -2.15. The molecule has 0 spiro atoms. The van der Waals surface area contributed by atoms with E-state index in [1.54, 1.807) is 18.7 Å². The summed E-state index contributed by atoms with van der Waals surface area (Å²) in [5, 5.41) is 10.1. The Labute approximate surface area is 172 Å². The molecule has 0 aromatic heterocycles. The van der Waals surface area contributed by atoms with Crippen LogP contribution in [0.3, 0.4) is 0 Å². The molecular weight excluding hydrogens is 366 g/mol. The van der Waals surface area contributed by atoms with Gasteiger partial charge >= 0.3 is 0 Å². The van der Waals surface area contributed by atoms with Crippen LogP contribution in [0.1, 0.15) is 70.0 Å². The molecule has 1 N–H and O–H groups in total. The first-order valence-corrected chi connectivity index (χ1v) is 12.9. The van der Waals surface area contributed by atoms with Crippen LogP contribution in [-0.2, 0) is 0 Å². The van der Waals surface area contributed by atoms with Gasteiger partial charge in [-0.05, 0) is 70.4 Å². The summed E-state index contributed by atoms with van der Waals surface area (Å²) in [5.41, 5.74) is 0.938. The Balaban J connectivity index is 3.72.